The topological polar surface area (TPSA) is 59.9 Å². The van der Waals surface area contributed by atoms with Gasteiger partial charge in [0, 0.05) is 17.8 Å². The van der Waals surface area contributed by atoms with Crippen LogP contribution in [0, 0.1) is 6.92 Å². The van der Waals surface area contributed by atoms with Crippen LogP contribution in [0.3, 0.4) is 0 Å². The Morgan fingerprint density at radius 3 is 3.00 bits per heavy atom. The van der Waals surface area contributed by atoms with Gasteiger partial charge in [0.25, 0.3) is 5.19 Å². The Balaban J connectivity index is 1.80. The van der Waals surface area contributed by atoms with E-state index in [9.17, 15) is 0 Å². The van der Waals surface area contributed by atoms with E-state index in [0.29, 0.717) is 11.8 Å². The third-order valence-electron chi connectivity index (χ3n) is 2.18. The first-order chi connectivity index (χ1) is 8.29. The Kier molecular flexibility index (Phi) is 4.41. The molecule has 0 unspecified atom stereocenters. The number of thiazole rings is 1. The number of nitrogens with zero attached hydrogens (tertiary/aromatic N) is 3. The Morgan fingerprint density at radius 1 is 1.41 bits per heavy atom. The van der Waals surface area contributed by atoms with Gasteiger partial charge in [-0.1, -0.05) is 11.3 Å². The highest BCUT2D eigenvalue weighted by Gasteiger charge is 2.05. The molecule has 2 heterocycles. The Labute approximate surface area is 108 Å². The largest absolute Gasteiger partial charge is 0.469 e. The molecular formula is C10H14N4OS2. The molecule has 0 saturated carbocycles. The molecule has 0 saturated heterocycles. The van der Waals surface area contributed by atoms with Crippen molar-refractivity contribution in [3.63, 3.8) is 0 Å². The molecule has 92 valence electrons. The first-order valence-electron chi connectivity index (χ1n) is 5.28. The number of rotatable bonds is 6. The lowest BCUT2D eigenvalue weighted by atomic mass is 10.3. The van der Waals surface area contributed by atoms with E-state index in [-0.39, 0.29) is 0 Å². The van der Waals surface area contributed by atoms with Crippen molar-refractivity contribution >= 4 is 22.7 Å². The van der Waals surface area contributed by atoms with Crippen molar-refractivity contribution in [2.24, 2.45) is 0 Å². The molecule has 0 amide bonds. The van der Waals surface area contributed by atoms with Gasteiger partial charge in [-0.05, 0) is 14.0 Å². The molecule has 2 rings (SSSR count). The van der Waals surface area contributed by atoms with E-state index in [1.807, 2.05) is 19.5 Å². The van der Waals surface area contributed by atoms with Crippen LogP contribution in [0.5, 0.6) is 5.19 Å². The minimum absolute atomic E-state index is 0.622. The first kappa shape index (κ1) is 12.4. The number of aromatic nitrogens is 3. The monoisotopic (exact) mass is 270 g/mol. The van der Waals surface area contributed by atoms with Crippen LogP contribution in [-0.4, -0.2) is 28.8 Å². The molecule has 2 aromatic heterocycles. The molecule has 1 N–H and O–H groups in total. The standard InChI is InChI=1S/C10H14N4OS2/c1-7-8(16-6-12-7)3-4-15-10-14-13-9(17-10)5-11-2/h6,11H,3-5H2,1-2H3. The van der Waals surface area contributed by atoms with Crippen LogP contribution >= 0.6 is 22.7 Å². The van der Waals surface area contributed by atoms with Gasteiger partial charge in [-0.2, -0.15) is 0 Å². The molecule has 2 aromatic rings. The average Bonchev–Trinajstić information content (AvgIpc) is 2.90. The van der Waals surface area contributed by atoms with Gasteiger partial charge in [-0.15, -0.1) is 21.5 Å². The number of hydrogen-bond acceptors (Lipinski definition) is 7. The van der Waals surface area contributed by atoms with Crippen LogP contribution in [0.2, 0.25) is 0 Å². The maximum atomic E-state index is 5.56. The molecule has 0 bridgehead atoms. The summed E-state index contributed by atoms with van der Waals surface area (Å²) in [6.45, 7) is 3.37. The van der Waals surface area contributed by atoms with E-state index in [1.165, 1.54) is 16.2 Å². The molecule has 0 aliphatic rings. The Hall–Kier alpha value is -1.05. The van der Waals surface area contributed by atoms with Crippen LogP contribution in [-0.2, 0) is 13.0 Å². The summed E-state index contributed by atoms with van der Waals surface area (Å²) >= 11 is 3.14. The summed E-state index contributed by atoms with van der Waals surface area (Å²) in [5.41, 5.74) is 2.95. The molecular weight excluding hydrogens is 256 g/mol. The summed E-state index contributed by atoms with van der Waals surface area (Å²) in [6, 6.07) is 0. The summed E-state index contributed by atoms with van der Waals surface area (Å²) in [6.07, 6.45) is 0.872. The zero-order chi connectivity index (χ0) is 12.1. The average molecular weight is 270 g/mol. The molecule has 0 spiro atoms. The van der Waals surface area contributed by atoms with Crippen molar-refractivity contribution in [1.29, 1.82) is 0 Å². The maximum absolute atomic E-state index is 5.56. The lowest BCUT2D eigenvalue weighted by molar-refractivity contribution is 0.318. The van der Waals surface area contributed by atoms with Crippen LogP contribution in [0.4, 0.5) is 0 Å². The van der Waals surface area contributed by atoms with E-state index < -0.39 is 0 Å². The molecule has 0 atom stereocenters. The van der Waals surface area contributed by atoms with Gasteiger partial charge >= 0.3 is 0 Å². The van der Waals surface area contributed by atoms with Crippen molar-refractivity contribution in [2.75, 3.05) is 13.7 Å². The van der Waals surface area contributed by atoms with Crippen molar-refractivity contribution < 1.29 is 4.74 Å². The highest BCUT2D eigenvalue weighted by Crippen LogP contribution is 2.18. The molecule has 0 aliphatic carbocycles. The van der Waals surface area contributed by atoms with E-state index in [2.05, 4.69) is 20.5 Å². The van der Waals surface area contributed by atoms with Gasteiger partial charge in [0.1, 0.15) is 5.01 Å². The predicted molar refractivity (Wildman–Crippen MR) is 68.7 cm³/mol. The summed E-state index contributed by atoms with van der Waals surface area (Å²) in [4.78, 5) is 5.47. The number of nitrogens with one attached hydrogen (secondary N) is 1. The van der Waals surface area contributed by atoms with Crippen LogP contribution in [0.25, 0.3) is 0 Å². The minimum atomic E-state index is 0.622. The molecule has 0 fully saturated rings. The quantitative estimate of drug-likeness (QED) is 0.864. The van der Waals surface area contributed by atoms with E-state index >= 15 is 0 Å². The molecule has 17 heavy (non-hydrogen) atoms. The van der Waals surface area contributed by atoms with E-state index in [4.69, 9.17) is 4.74 Å². The van der Waals surface area contributed by atoms with Gasteiger partial charge in [-0.3, -0.25) is 0 Å². The third-order valence-corrected chi connectivity index (χ3v) is 4.01. The van der Waals surface area contributed by atoms with Crippen molar-refractivity contribution in [3.05, 3.63) is 21.1 Å². The second kappa shape index (κ2) is 6.04. The number of ether oxygens (including phenoxy) is 1. The third kappa shape index (κ3) is 3.45. The molecule has 0 aromatic carbocycles. The zero-order valence-corrected chi connectivity index (χ0v) is 11.4. The fourth-order valence-corrected chi connectivity index (χ4v) is 2.80. The normalized spacial score (nSPS) is 10.7. The highest BCUT2D eigenvalue weighted by molar-refractivity contribution is 7.13. The number of hydrogen-bond donors (Lipinski definition) is 1. The van der Waals surface area contributed by atoms with E-state index in [1.54, 1.807) is 11.3 Å². The molecule has 0 aliphatic heterocycles. The Morgan fingerprint density at radius 2 is 2.29 bits per heavy atom. The van der Waals surface area contributed by atoms with Gasteiger partial charge in [0.2, 0.25) is 0 Å². The van der Waals surface area contributed by atoms with Gasteiger partial charge in [0.15, 0.2) is 0 Å². The van der Waals surface area contributed by atoms with Crippen LogP contribution < -0.4 is 10.1 Å². The lowest BCUT2D eigenvalue weighted by Gasteiger charge is -2.00. The van der Waals surface area contributed by atoms with Crippen molar-refractivity contribution in [2.45, 2.75) is 19.9 Å². The number of aryl methyl sites for hydroxylation is 1. The first-order valence-corrected chi connectivity index (χ1v) is 6.98. The SMILES string of the molecule is CNCc1nnc(OCCc2scnc2C)s1. The summed E-state index contributed by atoms with van der Waals surface area (Å²) in [7, 11) is 1.88. The van der Waals surface area contributed by atoms with Gasteiger partial charge < -0.3 is 10.1 Å². The summed E-state index contributed by atoms with van der Waals surface area (Å²) in [5, 5.41) is 12.6. The summed E-state index contributed by atoms with van der Waals surface area (Å²) in [5.74, 6) is 0. The van der Waals surface area contributed by atoms with Gasteiger partial charge in [0.05, 0.1) is 17.8 Å². The predicted octanol–water partition coefficient (Wildman–Crippen LogP) is 1.64. The molecule has 7 heteroatoms. The second-order valence-corrected chi connectivity index (χ2v) is 5.42. The fraction of sp³-hybridized carbons (Fsp3) is 0.500. The second-order valence-electron chi connectivity index (χ2n) is 3.45. The smallest absolute Gasteiger partial charge is 0.294 e. The Bertz CT molecular complexity index is 468. The zero-order valence-electron chi connectivity index (χ0n) is 9.77. The lowest BCUT2D eigenvalue weighted by Crippen LogP contribution is -2.04. The molecule has 5 nitrogen and oxygen atoms in total. The van der Waals surface area contributed by atoms with Crippen molar-refractivity contribution in [3.8, 4) is 5.19 Å². The van der Waals surface area contributed by atoms with Crippen molar-refractivity contribution in [1.82, 2.24) is 20.5 Å². The minimum Gasteiger partial charge on any atom is -0.469 e. The van der Waals surface area contributed by atoms with E-state index in [0.717, 1.165) is 23.7 Å². The van der Waals surface area contributed by atoms with Crippen LogP contribution in [0.15, 0.2) is 5.51 Å². The highest BCUT2D eigenvalue weighted by atomic mass is 32.1. The maximum Gasteiger partial charge on any atom is 0.294 e. The molecule has 0 radical (unpaired) electrons. The van der Waals surface area contributed by atoms with Gasteiger partial charge in [-0.25, -0.2) is 4.98 Å². The summed E-state index contributed by atoms with van der Waals surface area (Å²) < 4.78 is 5.56. The fourth-order valence-electron chi connectivity index (χ4n) is 1.32. The van der Waals surface area contributed by atoms with Crippen LogP contribution in [0.1, 0.15) is 15.6 Å².